The summed E-state index contributed by atoms with van der Waals surface area (Å²) in [6.45, 7) is 7.07. The van der Waals surface area contributed by atoms with Crippen molar-refractivity contribution in [1.82, 2.24) is 39.9 Å². The Morgan fingerprint density at radius 1 is 1.05 bits per heavy atom. The number of anilines is 1. The average molecular weight is 608 g/mol. The maximum absolute atomic E-state index is 12.8. The van der Waals surface area contributed by atoms with Crippen LogP contribution in [0.25, 0.3) is 0 Å². The topological polar surface area (TPSA) is 122 Å². The van der Waals surface area contributed by atoms with Crippen molar-refractivity contribution in [3.05, 3.63) is 53.7 Å². The molecule has 2 fully saturated rings. The summed E-state index contributed by atoms with van der Waals surface area (Å²) in [5, 5.41) is 16.1. The third kappa shape index (κ3) is 8.74. The minimum Gasteiger partial charge on any atom is -0.391 e. The molecule has 0 bridgehead atoms. The monoisotopic (exact) mass is 607 g/mol. The molecular formula is C30H41N9O3S. The van der Waals surface area contributed by atoms with E-state index in [-0.39, 0.29) is 11.8 Å². The molecule has 2 saturated heterocycles. The zero-order valence-electron chi connectivity index (χ0n) is 25.2. The molecule has 13 heteroatoms. The van der Waals surface area contributed by atoms with Crippen LogP contribution in [0.4, 0.5) is 10.5 Å². The summed E-state index contributed by atoms with van der Waals surface area (Å²) in [6.07, 6.45) is 6.49. The van der Waals surface area contributed by atoms with Gasteiger partial charge in [0.05, 0.1) is 18.4 Å². The number of pyridine rings is 1. The van der Waals surface area contributed by atoms with Crippen molar-refractivity contribution in [2.24, 2.45) is 0 Å². The highest BCUT2D eigenvalue weighted by molar-refractivity contribution is 7.99. The molecular weight excluding hydrogens is 566 g/mol. The van der Waals surface area contributed by atoms with Crippen LogP contribution in [0.3, 0.4) is 0 Å². The minimum atomic E-state index is -0.428. The number of nitrogens with one attached hydrogen (secondary N) is 1. The van der Waals surface area contributed by atoms with Crippen molar-refractivity contribution in [3.8, 4) is 5.88 Å². The fourth-order valence-corrected chi connectivity index (χ4v) is 6.36. The number of carbonyl (C=O) groups excluding carboxylic acids is 2. The molecule has 4 heterocycles. The smallest absolute Gasteiger partial charge is 0.391 e. The van der Waals surface area contributed by atoms with Gasteiger partial charge in [0, 0.05) is 49.1 Å². The van der Waals surface area contributed by atoms with E-state index in [0.717, 1.165) is 44.2 Å². The van der Waals surface area contributed by atoms with Crippen LogP contribution < -0.4 is 10.1 Å². The molecule has 12 nitrogen and oxygen atoms in total. The van der Waals surface area contributed by atoms with Gasteiger partial charge in [0.2, 0.25) is 11.0 Å². The second-order valence-corrected chi connectivity index (χ2v) is 12.8. The lowest BCUT2D eigenvalue weighted by atomic mass is 10.0. The molecule has 0 radical (unpaired) electrons. The zero-order chi connectivity index (χ0) is 30.2. The summed E-state index contributed by atoms with van der Waals surface area (Å²) in [6, 6.07) is 11.6. The zero-order valence-corrected chi connectivity index (χ0v) is 26.0. The Morgan fingerprint density at radius 3 is 2.53 bits per heavy atom. The van der Waals surface area contributed by atoms with Gasteiger partial charge in [0.25, 0.3) is 5.91 Å². The van der Waals surface area contributed by atoms with Crippen LogP contribution >= 0.6 is 11.8 Å². The van der Waals surface area contributed by atoms with Gasteiger partial charge in [0.15, 0.2) is 0 Å². The first kappa shape index (κ1) is 30.9. The molecule has 2 amide bonds. The quantitative estimate of drug-likeness (QED) is 0.362. The average Bonchev–Trinajstić information content (AvgIpc) is 3.45. The van der Waals surface area contributed by atoms with Gasteiger partial charge in [0.1, 0.15) is 0 Å². The number of likely N-dealkylation sites (tertiary alicyclic amines) is 2. The van der Waals surface area contributed by atoms with Crippen LogP contribution in [0.2, 0.25) is 0 Å². The number of piperidine rings is 2. The molecule has 5 rings (SSSR count). The Balaban J connectivity index is 1.05. The largest absolute Gasteiger partial charge is 0.416 e. The number of aromatic nitrogens is 5. The number of tetrazole rings is 1. The molecule has 1 N–H and O–H groups in total. The molecule has 1 atom stereocenters. The van der Waals surface area contributed by atoms with E-state index in [1.165, 1.54) is 31.0 Å². The van der Waals surface area contributed by atoms with E-state index in [1.54, 1.807) is 28.8 Å². The molecule has 43 heavy (non-hydrogen) atoms. The van der Waals surface area contributed by atoms with E-state index < -0.39 is 6.09 Å². The Bertz CT molecular complexity index is 1340. The standard InChI is InChI=1S/C30H41N9O3S/c1-22-6-4-5-15-38(22)21-23-7-9-24(10-8-23)28(40)32-25-11-12-27(31-20-25)42-30(41)37-16-13-26(14-17-37)43-29-33-34-35-39(29)19-18-36(2)3/h7-12,20,22,26H,4-6,13-19,21H2,1-3H3,(H,32,40). The van der Waals surface area contributed by atoms with E-state index in [9.17, 15) is 9.59 Å². The number of benzene rings is 1. The van der Waals surface area contributed by atoms with Crippen LogP contribution in [-0.2, 0) is 13.1 Å². The molecule has 0 saturated carbocycles. The highest BCUT2D eigenvalue weighted by Gasteiger charge is 2.26. The number of hydrogen-bond donors (Lipinski definition) is 1. The molecule has 1 unspecified atom stereocenters. The Labute approximate surface area is 257 Å². The van der Waals surface area contributed by atoms with Crippen LogP contribution in [-0.4, -0.2) is 103 Å². The lowest BCUT2D eigenvalue weighted by Gasteiger charge is -2.33. The third-order valence-corrected chi connectivity index (χ3v) is 9.27. The summed E-state index contributed by atoms with van der Waals surface area (Å²) >= 11 is 1.66. The van der Waals surface area contributed by atoms with Gasteiger partial charge >= 0.3 is 6.09 Å². The predicted molar refractivity (Wildman–Crippen MR) is 165 cm³/mol. The number of likely N-dealkylation sites (N-methyl/N-ethyl adjacent to an activating group) is 1. The van der Waals surface area contributed by atoms with Gasteiger partial charge in [-0.3, -0.25) is 9.69 Å². The lowest BCUT2D eigenvalue weighted by Crippen LogP contribution is -2.41. The van der Waals surface area contributed by atoms with Gasteiger partial charge in [-0.05, 0) is 87.4 Å². The number of ether oxygens (including phenoxy) is 1. The fourth-order valence-electron chi connectivity index (χ4n) is 5.28. The summed E-state index contributed by atoms with van der Waals surface area (Å²) < 4.78 is 7.34. The van der Waals surface area contributed by atoms with Crippen molar-refractivity contribution in [3.63, 3.8) is 0 Å². The van der Waals surface area contributed by atoms with Crippen molar-refractivity contribution in [2.75, 3.05) is 45.6 Å². The first-order valence-corrected chi connectivity index (χ1v) is 15.9. The molecule has 2 aromatic heterocycles. The minimum absolute atomic E-state index is 0.191. The van der Waals surface area contributed by atoms with Gasteiger partial charge in [-0.2, -0.15) is 0 Å². The normalized spacial score (nSPS) is 18.1. The molecule has 2 aliphatic heterocycles. The first-order chi connectivity index (χ1) is 20.8. The molecule has 3 aromatic rings. The van der Waals surface area contributed by atoms with E-state index in [4.69, 9.17) is 4.74 Å². The van der Waals surface area contributed by atoms with E-state index in [2.05, 4.69) is 42.5 Å². The highest BCUT2D eigenvalue weighted by Crippen LogP contribution is 2.29. The van der Waals surface area contributed by atoms with Crippen LogP contribution in [0, 0.1) is 0 Å². The number of nitrogens with zero attached hydrogens (tertiary/aromatic N) is 8. The molecule has 2 aliphatic rings. The SMILES string of the molecule is CC1CCCCN1Cc1ccc(C(=O)Nc2ccc(OC(=O)N3CCC(Sc4nnnn4CCN(C)C)CC3)nc2)cc1. The maximum atomic E-state index is 12.8. The number of carbonyl (C=O) groups is 2. The second kappa shape index (κ2) is 14.8. The molecule has 1 aromatic carbocycles. The molecule has 0 spiro atoms. The molecule has 230 valence electrons. The van der Waals surface area contributed by atoms with E-state index >= 15 is 0 Å². The van der Waals surface area contributed by atoms with Crippen LogP contribution in [0.1, 0.15) is 54.9 Å². The van der Waals surface area contributed by atoms with E-state index in [0.29, 0.717) is 35.6 Å². The highest BCUT2D eigenvalue weighted by atomic mass is 32.2. The number of hydrogen-bond acceptors (Lipinski definition) is 10. The van der Waals surface area contributed by atoms with Crippen molar-refractivity contribution < 1.29 is 14.3 Å². The third-order valence-electron chi connectivity index (χ3n) is 7.96. The Morgan fingerprint density at radius 2 is 1.84 bits per heavy atom. The van der Waals surface area contributed by atoms with Gasteiger partial charge < -0.3 is 19.9 Å². The van der Waals surface area contributed by atoms with Crippen LogP contribution in [0.15, 0.2) is 47.8 Å². The van der Waals surface area contributed by atoms with Crippen molar-refractivity contribution in [1.29, 1.82) is 0 Å². The van der Waals surface area contributed by atoms with Gasteiger partial charge in [-0.1, -0.05) is 30.3 Å². The Kier molecular flexibility index (Phi) is 10.6. The van der Waals surface area contributed by atoms with Crippen LogP contribution in [0.5, 0.6) is 5.88 Å². The number of amides is 2. The molecule has 0 aliphatic carbocycles. The fraction of sp³-hybridized carbons (Fsp3) is 0.533. The number of thioether (sulfide) groups is 1. The van der Waals surface area contributed by atoms with E-state index in [1.807, 2.05) is 43.0 Å². The lowest BCUT2D eigenvalue weighted by molar-refractivity contribution is 0.102. The van der Waals surface area contributed by atoms with Crippen molar-refractivity contribution in [2.45, 2.75) is 68.6 Å². The van der Waals surface area contributed by atoms with Gasteiger partial charge in [-0.15, -0.1) is 5.10 Å². The summed E-state index contributed by atoms with van der Waals surface area (Å²) in [7, 11) is 4.04. The predicted octanol–water partition coefficient (Wildman–Crippen LogP) is 4.01. The summed E-state index contributed by atoms with van der Waals surface area (Å²) in [5.41, 5.74) is 2.32. The number of rotatable bonds is 10. The summed E-state index contributed by atoms with van der Waals surface area (Å²) in [5.74, 6) is -0.0206. The summed E-state index contributed by atoms with van der Waals surface area (Å²) in [4.78, 5) is 36.1. The Hall–Kier alpha value is -3.55. The van der Waals surface area contributed by atoms with Gasteiger partial charge in [-0.25, -0.2) is 14.5 Å². The van der Waals surface area contributed by atoms with Crippen molar-refractivity contribution >= 4 is 29.4 Å². The maximum Gasteiger partial charge on any atom is 0.416 e. The first-order valence-electron chi connectivity index (χ1n) is 15.0. The second-order valence-electron chi connectivity index (χ2n) is 11.5.